The third-order valence-electron chi connectivity index (χ3n) is 3.18. The molecular formula is C13H16ClF3N2O. The molecule has 20 heavy (non-hydrogen) atoms. The molecule has 1 N–H and O–H groups in total. The van der Waals surface area contributed by atoms with Crippen molar-refractivity contribution < 1.29 is 18.0 Å². The number of carbonyl (C=O) groups excluding carboxylic acids is 1. The Morgan fingerprint density at radius 3 is 2.55 bits per heavy atom. The van der Waals surface area contributed by atoms with Crippen LogP contribution in [0.1, 0.15) is 11.1 Å². The molecule has 1 aliphatic rings. The molecule has 0 spiro atoms. The molecule has 0 aliphatic carbocycles. The molecular weight excluding hydrogens is 293 g/mol. The van der Waals surface area contributed by atoms with Gasteiger partial charge in [0, 0.05) is 26.7 Å². The zero-order valence-electron chi connectivity index (χ0n) is 10.9. The Morgan fingerprint density at radius 1 is 1.40 bits per heavy atom. The number of nitrogens with zero attached hydrogens (tertiary/aromatic N) is 1. The fourth-order valence-corrected chi connectivity index (χ4v) is 1.97. The molecule has 0 unspecified atom stereocenters. The van der Waals surface area contributed by atoms with Gasteiger partial charge < -0.3 is 10.2 Å². The van der Waals surface area contributed by atoms with E-state index in [1.54, 1.807) is 13.1 Å². The van der Waals surface area contributed by atoms with E-state index in [-0.39, 0.29) is 30.8 Å². The molecule has 1 saturated heterocycles. The highest BCUT2D eigenvalue weighted by Crippen LogP contribution is 2.29. The quantitative estimate of drug-likeness (QED) is 0.929. The Hall–Kier alpha value is -1.27. The van der Waals surface area contributed by atoms with Crippen LogP contribution in [-0.2, 0) is 17.5 Å². The van der Waals surface area contributed by atoms with Gasteiger partial charge in [0.05, 0.1) is 11.5 Å². The van der Waals surface area contributed by atoms with Crippen molar-refractivity contribution in [2.75, 3.05) is 20.1 Å². The number of halogens is 4. The van der Waals surface area contributed by atoms with Crippen LogP contribution in [0.15, 0.2) is 24.3 Å². The van der Waals surface area contributed by atoms with Crippen molar-refractivity contribution in [2.45, 2.75) is 12.7 Å². The molecule has 1 heterocycles. The molecule has 1 aromatic rings. The van der Waals surface area contributed by atoms with Crippen molar-refractivity contribution in [1.29, 1.82) is 0 Å². The first-order chi connectivity index (χ1) is 8.88. The summed E-state index contributed by atoms with van der Waals surface area (Å²) in [6.45, 7) is 1.48. The maximum Gasteiger partial charge on any atom is 0.416 e. The second-order valence-corrected chi connectivity index (χ2v) is 4.75. The summed E-state index contributed by atoms with van der Waals surface area (Å²) in [6.07, 6.45) is -4.35. The Kier molecular flexibility index (Phi) is 5.42. The van der Waals surface area contributed by atoms with E-state index in [4.69, 9.17) is 0 Å². The summed E-state index contributed by atoms with van der Waals surface area (Å²) >= 11 is 0. The largest absolute Gasteiger partial charge is 0.416 e. The summed E-state index contributed by atoms with van der Waals surface area (Å²) in [5.41, 5.74) is -0.200. The zero-order chi connectivity index (χ0) is 14.0. The van der Waals surface area contributed by atoms with Gasteiger partial charge in [-0.3, -0.25) is 4.79 Å². The molecule has 7 heteroatoms. The zero-order valence-corrected chi connectivity index (χ0v) is 11.7. The van der Waals surface area contributed by atoms with Gasteiger partial charge in [-0.1, -0.05) is 12.1 Å². The number of amides is 1. The lowest BCUT2D eigenvalue weighted by Crippen LogP contribution is -2.50. The Balaban J connectivity index is 0.00000200. The van der Waals surface area contributed by atoms with Crippen molar-refractivity contribution in [3.05, 3.63) is 35.4 Å². The summed E-state index contributed by atoms with van der Waals surface area (Å²) in [4.78, 5) is 13.3. The Labute approximate surface area is 121 Å². The molecule has 1 aromatic carbocycles. The maximum absolute atomic E-state index is 12.6. The summed E-state index contributed by atoms with van der Waals surface area (Å²) in [5.74, 6) is -0.0769. The molecule has 3 nitrogen and oxygen atoms in total. The van der Waals surface area contributed by atoms with E-state index < -0.39 is 11.7 Å². The third kappa shape index (κ3) is 3.86. The second kappa shape index (κ2) is 6.45. The van der Waals surface area contributed by atoms with Crippen LogP contribution in [0.25, 0.3) is 0 Å². The van der Waals surface area contributed by atoms with Crippen molar-refractivity contribution >= 4 is 18.3 Å². The highest BCUT2D eigenvalue weighted by atomic mass is 35.5. The van der Waals surface area contributed by atoms with Crippen LogP contribution in [-0.4, -0.2) is 30.9 Å². The fourth-order valence-electron chi connectivity index (χ4n) is 1.97. The van der Waals surface area contributed by atoms with E-state index in [9.17, 15) is 18.0 Å². The third-order valence-corrected chi connectivity index (χ3v) is 3.18. The molecule has 1 fully saturated rings. The minimum atomic E-state index is -4.35. The van der Waals surface area contributed by atoms with Crippen LogP contribution in [0.2, 0.25) is 0 Å². The van der Waals surface area contributed by atoms with Crippen LogP contribution in [0.5, 0.6) is 0 Å². The fraction of sp³-hybridized carbons (Fsp3) is 0.462. The van der Waals surface area contributed by atoms with E-state index in [1.165, 1.54) is 11.0 Å². The first-order valence-corrected chi connectivity index (χ1v) is 6.00. The van der Waals surface area contributed by atoms with Gasteiger partial charge in [0.2, 0.25) is 5.91 Å². The predicted molar refractivity (Wildman–Crippen MR) is 71.5 cm³/mol. The number of nitrogens with one attached hydrogen (secondary N) is 1. The van der Waals surface area contributed by atoms with Crippen LogP contribution in [0.4, 0.5) is 13.2 Å². The van der Waals surface area contributed by atoms with Gasteiger partial charge in [-0.2, -0.15) is 13.2 Å². The second-order valence-electron chi connectivity index (χ2n) is 4.75. The SMILES string of the molecule is CN(Cc1cccc(C(F)(F)F)c1)C(=O)C1CNC1.Cl. The first kappa shape index (κ1) is 16.8. The van der Waals surface area contributed by atoms with Crippen LogP contribution < -0.4 is 5.32 Å². The molecule has 0 aromatic heterocycles. The Bertz CT molecular complexity index is 475. The van der Waals surface area contributed by atoms with Gasteiger partial charge in [0.25, 0.3) is 0 Å². The lowest BCUT2D eigenvalue weighted by Gasteiger charge is -2.30. The summed E-state index contributed by atoms with van der Waals surface area (Å²) in [6, 6.07) is 5.07. The van der Waals surface area contributed by atoms with Gasteiger partial charge in [0.1, 0.15) is 0 Å². The monoisotopic (exact) mass is 308 g/mol. The number of hydrogen-bond donors (Lipinski definition) is 1. The normalized spacial score (nSPS) is 15.2. The first-order valence-electron chi connectivity index (χ1n) is 6.00. The van der Waals surface area contributed by atoms with Crippen molar-refractivity contribution in [1.82, 2.24) is 10.2 Å². The van der Waals surface area contributed by atoms with Gasteiger partial charge >= 0.3 is 6.18 Å². The number of benzene rings is 1. The molecule has 2 rings (SSSR count). The highest BCUT2D eigenvalue weighted by Gasteiger charge is 2.31. The molecule has 0 atom stereocenters. The summed E-state index contributed by atoms with van der Waals surface area (Å²) in [7, 11) is 1.61. The topological polar surface area (TPSA) is 32.3 Å². The maximum atomic E-state index is 12.6. The Morgan fingerprint density at radius 2 is 2.05 bits per heavy atom. The minimum Gasteiger partial charge on any atom is -0.341 e. The molecule has 0 bridgehead atoms. The van der Waals surface area contributed by atoms with Crippen LogP contribution >= 0.6 is 12.4 Å². The standard InChI is InChI=1S/C13H15F3N2O.ClH/c1-18(12(19)10-6-17-7-10)8-9-3-2-4-11(5-9)13(14,15)16;/h2-5,10,17H,6-8H2,1H3;1H. The van der Waals surface area contributed by atoms with Gasteiger partial charge in [0.15, 0.2) is 0 Å². The summed E-state index contributed by atoms with van der Waals surface area (Å²) < 4.78 is 37.7. The molecule has 0 radical (unpaired) electrons. The lowest BCUT2D eigenvalue weighted by atomic mass is 10.0. The van der Waals surface area contributed by atoms with Crippen molar-refractivity contribution in [3.63, 3.8) is 0 Å². The predicted octanol–water partition coefficient (Wildman–Crippen LogP) is 2.31. The van der Waals surface area contributed by atoms with Crippen LogP contribution in [0, 0.1) is 5.92 Å². The van der Waals surface area contributed by atoms with Crippen molar-refractivity contribution in [2.24, 2.45) is 5.92 Å². The average Bonchev–Trinajstić information content (AvgIpc) is 2.25. The van der Waals surface area contributed by atoms with E-state index in [1.807, 2.05) is 0 Å². The smallest absolute Gasteiger partial charge is 0.341 e. The summed E-state index contributed by atoms with van der Waals surface area (Å²) in [5, 5.41) is 2.99. The number of rotatable bonds is 3. The number of carbonyl (C=O) groups is 1. The van der Waals surface area contributed by atoms with E-state index >= 15 is 0 Å². The average molecular weight is 309 g/mol. The number of hydrogen-bond acceptors (Lipinski definition) is 2. The van der Waals surface area contributed by atoms with E-state index in [2.05, 4.69) is 5.32 Å². The van der Waals surface area contributed by atoms with E-state index in [0.717, 1.165) is 12.1 Å². The highest BCUT2D eigenvalue weighted by molar-refractivity contribution is 5.85. The lowest BCUT2D eigenvalue weighted by molar-refractivity contribution is -0.137. The molecule has 1 amide bonds. The number of alkyl halides is 3. The van der Waals surface area contributed by atoms with Gasteiger partial charge in [-0.15, -0.1) is 12.4 Å². The van der Waals surface area contributed by atoms with Gasteiger partial charge in [-0.25, -0.2) is 0 Å². The van der Waals surface area contributed by atoms with Crippen molar-refractivity contribution in [3.8, 4) is 0 Å². The van der Waals surface area contributed by atoms with Crippen LogP contribution in [0.3, 0.4) is 0 Å². The van der Waals surface area contributed by atoms with Gasteiger partial charge in [-0.05, 0) is 17.7 Å². The van der Waals surface area contributed by atoms with E-state index in [0.29, 0.717) is 18.7 Å². The molecule has 112 valence electrons. The minimum absolute atomic E-state index is 0. The molecule has 0 saturated carbocycles. The molecule has 1 aliphatic heterocycles.